The lowest BCUT2D eigenvalue weighted by molar-refractivity contribution is -0.122. The van der Waals surface area contributed by atoms with E-state index in [2.05, 4.69) is 18.3 Å². The molecule has 2 N–H and O–H groups in total. The van der Waals surface area contributed by atoms with E-state index >= 15 is 0 Å². The van der Waals surface area contributed by atoms with Gasteiger partial charge in [0.1, 0.15) is 0 Å². The fraction of sp³-hybridized carbons (Fsp3) is 0.533. The van der Waals surface area contributed by atoms with Gasteiger partial charge < -0.3 is 15.3 Å². The Morgan fingerprint density at radius 3 is 2.95 bits per heavy atom. The molecule has 1 saturated heterocycles. The maximum absolute atomic E-state index is 12.5. The number of amides is 1. The van der Waals surface area contributed by atoms with Crippen molar-refractivity contribution in [2.45, 2.75) is 32.7 Å². The van der Waals surface area contributed by atoms with Gasteiger partial charge in [-0.25, -0.2) is 0 Å². The molecular formula is C15H22N2O2. The quantitative estimate of drug-likeness (QED) is 0.858. The second-order valence-corrected chi connectivity index (χ2v) is 4.95. The van der Waals surface area contributed by atoms with E-state index in [-0.39, 0.29) is 18.6 Å². The third kappa shape index (κ3) is 2.80. The van der Waals surface area contributed by atoms with Crippen LogP contribution in [0, 0.1) is 6.92 Å². The minimum Gasteiger partial charge on any atom is -0.396 e. The Bertz CT molecular complexity index is 457. The molecule has 1 amide bonds. The van der Waals surface area contributed by atoms with Crippen molar-refractivity contribution in [3.8, 4) is 0 Å². The smallest absolute Gasteiger partial charge is 0.244 e. The van der Waals surface area contributed by atoms with Gasteiger partial charge in [-0.2, -0.15) is 0 Å². The predicted molar refractivity (Wildman–Crippen MR) is 76.4 cm³/mol. The third-order valence-corrected chi connectivity index (χ3v) is 3.68. The van der Waals surface area contributed by atoms with Crippen molar-refractivity contribution in [2.24, 2.45) is 0 Å². The zero-order valence-corrected chi connectivity index (χ0v) is 11.6. The van der Waals surface area contributed by atoms with Gasteiger partial charge >= 0.3 is 0 Å². The van der Waals surface area contributed by atoms with E-state index in [1.807, 2.05) is 24.0 Å². The predicted octanol–water partition coefficient (Wildman–Crippen LogP) is 1.24. The van der Waals surface area contributed by atoms with Gasteiger partial charge in [0.05, 0.1) is 6.04 Å². The van der Waals surface area contributed by atoms with Crippen LogP contribution in [0.25, 0.3) is 0 Å². The van der Waals surface area contributed by atoms with Crippen LogP contribution in [0.15, 0.2) is 18.2 Å². The SMILES string of the molecule is CCc1cccc(C)c1N1CCNC(CCO)C1=O. The van der Waals surface area contributed by atoms with Crippen LogP contribution < -0.4 is 10.2 Å². The highest BCUT2D eigenvalue weighted by Gasteiger charge is 2.30. The molecule has 1 aliphatic heterocycles. The summed E-state index contributed by atoms with van der Waals surface area (Å²) in [5.74, 6) is 0.0734. The number of para-hydroxylation sites is 1. The molecule has 1 unspecified atom stereocenters. The number of hydrogen-bond acceptors (Lipinski definition) is 3. The van der Waals surface area contributed by atoms with Crippen molar-refractivity contribution in [1.82, 2.24) is 5.32 Å². The van der Waals surface area contributed by atoms with E-state index in [0.717, 1.165) is 24.2 Å². The molecule has 0 spiro atoms. The van der Waals surface area contributed by atoms with E-state index in [4.69, 9.17) is 5.11 Å². The zero-order valence-electron chi connectivity index (χ0n) is 11.6. The van der Waals surface area contributed by atoms with Gasteiger partial charge in [0.15, 0.2) is 0 Å². The molecule has 2 rings (SSSR count). The Morgan fingerprint density at radius 2 is 2.26 bits per heavy atom. The summed E-state index contributed by atoms with van der Waals surface area (Å²) in [6, 6.07) is 5.90. The average molecular weight is 262 g/mol. The summed E-state index contributed by atoms with van der Waals surface area (Å²) >= 11 is 0. The molecule has 1 aromatic carbocycles. The number of carbonyl (C=O) groups is 1. The van der Waals surface area contributed by atoms with Crippen molar-refractivity contribution in [3.05, 3.63) is 29.3 Å². The fourth-order valence-corrected chi connectivity index (χ4v) is 2.70. The molecule has 1 atom stereocenters. The van der Waals surface area contributed by atoms with E-state index in [0.29, 0.717) is 13.0 Å². The topological polar surface area (TPSA) is 52.6 Å². The highest BCUT2D eigenvalue weighted by atomic mass is 16.3. The van der Waals surface area contributed by atoms with Gasteiger partial charge in [0.25, 0.3) is 0 Å². The first-order chi connectivity index (χ1) is 9.19. The first-order valence-corrected chi connectivity index (χ1v) is 6.93. The summed E-state index contributed by atoms with van der Waals surface area (Å²) in [6.07, 6.45) is 1.39. The van der Waals surface area contributed by atoms with Crippen LogP contribution >= 0.6 is 0 Å². The third-order valence-electron chi connectivity index (χ3n) is 3.68. The Morgan fingerprint density at radius 1 is 1.47 bits per heavy atom. The molecule has 0 saturated carbocycles. The summed E-state index contributed by atoms with van der Waals surface area (Å²) in [5, 5.41) is 12.2. The lowest BCUT2D eigenvalue weighted by Crippen LogP contribution is -2.55. The van der Waals surface area contributed by atoms with Crippen LogP contribution in [0.1, 0.15) is 24.5 Å². The van der Waals surface area contributed by atoms with Crippen LogP contribution in [0.5, 0.6) is 0 Å². The number of benzene rings is 1. The van der Waals surface area contributed by atoms with Gasteiger partial charge in [-0.15, -0.1) is 0 Å². The first-order valence-electron chi connectivity index (χ1n) is 6.93. The fourth-order valence-electron chi connectivity index (χ4n) is 2.70. The number of nitrogens with zero attached hydrogens (tertiary/aromatic N) is 1. The molecule has 1 aromatic rings. The number of aliphatic hydroxyl groups is 1. The second-order valence-electron chi connectivity index (χ2n) is 4.95. The largest absolute Gasteiger partial charge is 0.396 e. The second kappa shape index (κ2) is 6.17. The molecule has 1 heterocycles. The van der Waals surface area contributed by atoms with Crippen molar-refractivity contribution < 1.29 is 9.90 Å². The molecule has 1 aliphatic rings. The molecule has 0 radical (unpaired) electrons. The molecule has 19 heavy (non-hydrogen) atoms. The molecule has 104 valence electrons. The minimum atomic E-state index is -0.261. The van der Waals surface area contributed by atoms with Crippen LogP contribution in [0.4, 0.5) is 5.69 Å². The summed E-state index contributed by atoms with van der Waals surface area (Å²) in [6.45, 7) is 5.65. The molecule has 0 bridgehead atoms. The maximum atomic E-state index is 12.5. The van der Waals surface area contributed by atoms with Gasteiger partial charge in [0.2, 0.25) is 5.91 Å². The lowest BCUT2D eigenvalue weighted by atomic mass is 10.0. The molecular weight excluding hydrogens is 240 g/mol. The Kier molecular flexibility index (Phi) is 4.56. The highest BCUT2D eigenvalue weighted by Crippen LogP contribution is 2.27. The molecule has 0 aliphatic carbocycles. The Balaban J connectivity index is 2.33. The Hall–Kier alpha value is -1.39. The van der Waals surface area contributed by atoms with Crippen molar-refractivity contribution in [3.63, 3.8) is 0 Å². The van der Waals surface area contributed by atoms with Crippen molar-refractivity contribution in [1.29, 1.82) is 0 Å². The van der Waals surface area contributed by atoms with Gasteiger partial charge in [-0.1, -0.05) is 25.1 Å². The monoisotopic (exact) mass is 262 g/mol. The Labute approximate surface area is 114 Å². The molecule has 1 fully saturated rings. The first kappa shape index (κ1) is 14.0. The standard InChI is InChI=1S/C15H22N2O2/c1-3-12-6-4-5-11(2)14(12)17-9-8-16-13(7-10-18)15(17)19/h4-6,13,16,18H,3,7-10H2,1-2H3. The molecule has 4 nitrogen and oxygen atoms in total. The number of aryl methyl sites for hydroxylation is 2. The van der Waals surface area contributed by atoms with Crippen molar-refractivity contribution in [2.75, 3.05) is 24.6 Å². The number of hydrogen-bond donors (Lipinski definition) is 2. The van der Waals surface area contributed by atoms with E-state index in [1.165, 1.54) is 5.56 Å². The van der Waals surface area contributed by atoms with Crippen molar-refractivity contribution >= 4 is 11.6 Å². The van der Waals surface area contributed by atoms with Crippen LogP contribution in [-0.2, 0) is 11.2 Å². The number of anilines is 1. The molecule has 4 heteroatoms. The number of carbonyl (C=O) groups excluding carboxylic acids is 1. The normalized spacial score (nSPS) is 19.8. The summed E-state index contributed by atoms with van der Waals surface area (Å²) in [5.41, 5.74) is 3.40. The average Bonchev–Trinajstić information content (AvgIpc) is 2.41. The van der Waals surface area contributed by atoms with E-state index in [9.17, 15) is 4.79 Å². The van der Waals surface area contributed by atoms with E-state index in [1.54, 1.807) is 0 Å². The number of aliphatic hydroxyl groups excluding tert-OH is 1. The summed E-state index contributed by atoms with van der Waals surface area (Å²) < 4.78 is 0. The number of nitrogens with one attached hydrogen (secondary N) is 1. The van der Waals surface area contributed by atoms with Gasteiger partial charge in [-0.05, 0) is 30.9 Å². The lowest BCUT2D eigenvalue weighted by Gasteiger charge is -2.35. The van der Waals surface area contributed by atoms with Gasteiger partial charge in [-0.3, -0.25) is 4.79 Å². The number of rotatable bonds is 4. The zero-order chi connectivity index (χ0) is 13.8. The van der Waals surface area contributed by atoms with Gasteiger partial charge in [0, 0.05) is 25.4 Å². The highest BCUT2D eigenvalue weighted by molar-refractivity contribution is 5.99. The maximum Gasteiger partial charge on any atom is 0.244 e. The minimum absolute atomic E-state index is 0.0334. The van der Waals surface area contributed by atoms with Crippen LogP contribution in [0.3, 0.4) is 0 Å². The number of piperazine rings is 1. The molecule has 0 aromatic heterocycles. The van der Waals surface area contributed by atoms with Crippen LogP contribution in [-0.4, -0.2) is 36.8 Å². The summed E-state index contributed by atoms with van der Waals surface area (Å²) in [4.78, 5) is 14.4. The summed E-state index contributed by atoms with van der Waals surface area (Å²) in [7, 11) is 0. The van der Waals surface area contributed by atoms with E-state index < -0.39 is 0 Å². The van der Waals surface area contributed by atoms with Crippen LogP contribution in [0.2, 0.25) is 0 Å².